The van der Waals surface area contributed by atoms with Crippen molar-refractivity contribution in [2.24, 2.45) is 0 Å². The van der Waals surface area contributed by atoms with Crippen molar-refractivity contribution in [3.05, 3.63) is 35.4 Å². The van der Waals surface area contributed by atoms with Crippen LogP contribution >= 0.6 is 0 Å². The van der Waals surface area contributed by atoms with Crippen LogP contribution < -0.4 is 10.6 Å². The van der Waals surface area contributed by atoms with Gasteiger partial charge in [0.25, 0.3) is 0 Å². The number of hydrogen-bond acceptors (Lipinski definition) is 2. The van der Waals surface area contributed by atoms with E-state index < -0.39 is 0 Å². The van der Waals surface area contributed by atoms with Crippen LogP contribution in [0.3, 0.4) is 0 Å². The van der Waals surface area contributed by atoms with Gasteiger partial charge in [0.05, 0.1) is 12.5 Å². The van der Waals surface area contributed by atoms with E-state index in [2.05, 4.69) is 24.5 Å². The molecule has 1 rings (SSSR count). The molecule has 0 aliphatic rings. The van der Waals surface area contributed by atoms with E-state index in [-0.39, 0.29) is 30.3 Å². The molecule has 2 amide bonds. The molecule has 0 saturated carbocycles. The predicted molar refractivity (Wildman–Crippen MR) is 84.9 cm³/mol. The van der Waals surface area contributed by atoms with Gasteiger partial charge in [0.2, 0.25) is 11.8 Å². The molecule has 0 bridgehead atoms. The van der Waals surface area contributed by atoms with Crippen LogP contribution in [0.1, 0.15) is 57.2 Å². The van der Waals surface area contributed by atoms with E-state index in [4.69, 9.17) is 0 Å². The summed E-state index contributed by atoms with van der Waals surface area (Å²) in [5.74, 6) is -0.154. The molecule has 0 radical (unpaired) electrons. The molecule has 0 aromatic heterocycles. The summed E-state index contributed by atoms with van der Waals surface area (Å²) >= 11 is 0. The Morgan fingerprint density at radius 3 is 2.10 bits per heavy atom. The van der Waals surface area contributed by atoms with Crippen LogP contribution in [0.25, 0.3) is 0 Å². The molecule has 1 atom stereocenters. The van der Waals surface area contributed by atoms with Gasteiger partial charge in [-0.25, -0.2) is 0 Å². The molecule has 0 unspecified atom stereocenters. The highest BCUT2D eigenvalue weighted by Gasteiger charge is 2.18. The van der Waals surface area contributed by atoms with Crippen LogP contribution in [0.15, 0.2) is 24.3 Å². The molecule has 1 aromatic carbocycles. The first-order valence-electron chi connectivity index (χ1n) is 7.59. The summed E-state index contributed by atoms with van der Waals surface area (Å²) in [6.07, 6.45) is 2.09. The average molecular weight is 290 g/mol. The van der Waals surface area contributed by atoms with Crippen molar-refractivity contribution in [2.75, 3.05) is 0 Å². The Kier molecular flexibility index (Phi) is 6.92. The van der Waals surface area contributed by atoms with Crippen LogP contribution in [0, 0.1) is 6.92 Å². The van der Waals surface area contributed by atoms with Crippen molar-refractivity contribution in [1.29, 1.82) is 0 Å². The first-order valence-corrected chi connectivity index (χ1v) is 7.59. The van der Waals surface area contributed by atoms with E-state index in [1.54, 1.807) is 0 Å². The minimum absolute atomic E-state index is 0.0250. The molecule has 0 fully saturated rings. The zero-order valence-corrected chi connectivity index (χ0v) is 13.4. The molecule has 4 nitrogen and oxygen atoms in total. The second-order valence-electron chi connectivity index (χ2n) is 5.45. The van der Waals surface area contributed by atoms with Gasteiger partial charge in [-0.3, -0.25) is 9.59 Å². The lowest BCUT2D eigenvalue weighted by atomic mass is 10.0. The molecule has 0 aliphatic heterocycles. The Bertz CT molecular complexity index is 464. The quantitative estimate of drug-likeness (QED) is 0.811. The molecule has 0 heterocycles. The van der Waals surface area contributed by atoms with E-state index >= 15 is 0 Å². The van der Waals surface area contributed by atoms with Gasteiger partial charge in [-0.1, -0.05) is 43.7 Å². The van der Waals surface area contributed by atoms with Gasteiger partial charge in [0.15, 0.2) is 0 Å². The van der Waals surface area contributed by atoms with Gasteiger partial charge >= 0.3 is 0 Å². The number of amides is 2. The summed E-state index contributed by atoms with van der Waals surface area (Å²) in [5, 5.41) is 5.87. The van der Waals surface area contributed by atoms with E-state index in [1.165, 1.54) is 6.92 Å². The fraction of sp³-hybridized carbons (Fsp3) is 0.529. The monoisotopic (exact) mass is 290 g/mol. The van der Waals surface area contributed by atoms with Crippen molar-refractivity contribution in [2.45, 2.75) is 59.0 Å². The number of rotatable bonds is 7. The molecule has 116 valence electrons. The third-order valence-electron chi connectivity index (χ3n) is 3.60. The van der Waals surface area contributed by atoms with Crippen molar-refractivity contribution in [1.82, 2.24) is 10.6 Å². The molecule has 21 heavy (non-hydrogen) atoms. The van der Waals surface area contributed by atoms with Crippen molar-refractivity contribution in [3.63, 3.8) is 0 Å². The van der Waals surface area contributed by atoms with Crippen molar-refractivity contribution < 1.29 is 9.59 Å². The van der Waals surface area contributed by atoms with E-state index in [1.807, 2.05) is 31.2 Å². The Morgan fingerprint density at radius 1 is 1.05 bits per heavy atom. The molecular weight excluding hydrogens is 264 g/mol. The lowest BCUT2D eigenvalue weighted by Gasteiger charge is -2.20. The minimum atomic E-state index is -0.280. The number of nitrogens with one attached hydrogen (secondary N) is 2. The predicted octanol–water partition coefficient (Wildman–Crippen LogP) is 2.87. The maximum absolute atomic E-state index is 12.1. The number of benzene rings is 1. The molecule has 0 spiro atoms. The Balaban J connectivity index is 2.76. The highest BCUT2D eigenvalue weighted by Crippen LogP contribution is 2.18. The molecule has 0 saturated heterocycles. The number of aryl methyl sites for hydroxylation is 1. The fourth-order valence-electron chi connectivity index (χ4n) is 2.26. The first-order chi connectivity index (χ1) is 9.96. The normalized spacial score (nSPS) is 12.0. The molecule has 0 aliphatic carbocycles. The molecular formula is C17H26N2O2. The fourth-order valence-corrected chi connectivity index (χ4v) is 2.26. The molecule has 1 aromatic rings. The second kappa shape index (κ2) is 8.45. The van der Waals surface area contributed by atoms with Crippen LogP contribution in [0.2, 0.25) is 0 Å². The van der Waals surface area contributed by atoms with Gasteiger partial charge < -0.3 is 10.6 Å². The lowest BCUT2D eigenvalue weighted by molar-refractivity contribution is -0.123. The third-order valence-corrected chi connectivity index (χ3v) is 3.60. The van der Waals surface area contributed by atoms with E-state index in [9.17, 15) is 9.59 Å². The Hall–Kier alpha value is -1.84. The van der Waals surface area contributed by atoms with Crippen molar-refractivity contribution >= 4 is 11.8 Å². The third kappa shape index (κ3) is 5.98. The SMILES string of the molecule is CCC(CC)NC(=O)C[C@@H](NC(C)=O)c1ccc(C)cc1. The molecule has 2 N–H and O–H groups in total. The maximum Gasteiger partial charge on any atom is 0.222 e. The number of carbonyl (C=O) groups excluding carboxylic acids is 2. The average Bonchev–Trinajstić information content (AvgIpc) is 2.44. The van der Waals surface area contributed by atoms with Crippen LogP contribution in [-0.2, 0) is 9.59 Å². The topological polar surface area (TPSA) is 58.2 Å². The van der Waals surface area contributed by atoms with Crippen LogP contribution in [0.4, 0.5) is 0 Å². The Labute approximate surface area is 127 Å². The van der Waals surface area contributed by atoms with Gasteiger partial charge in [0.1, 0.15) is 0 Å². The highest BCUT2D eigenvalue weighted by molar-refractivity contribution is 5.79. The zero-order chi connectivity index (χ0) is 15.8. The van der Waals surface area contributed by atoms with Gasteiger partial charge in [-0.05, 0) is 25.3 Å². The highest BCUT2D eigenvalue weighted by atomic mass is 16.2. The zero-order valence-electron chi connectivity index (χ0n) is 13.4. The van der Waals surface area contributed by atoms with Crippen molar-refractivity contribution in [3.8, 4) is 0 Å². The first kappa shape index (κ1) is 17.2. The number of carbonyl (C=O) groups is 2. The summed E-state index contributed by atoms with van der Waals surface area (Å²) in [7, 11) is 0. The summed E-state index contributed by atoms with van der Waals surface area (Å²) in [5.41, 5.74) is 2.11. The smallest absolute Gasteiger partial charge is 0.222 e. The van der Waals surface area contributed by atoms with E-state index in [0.29, 0.717) is 0 Å². The summed E-state index contributed by atoms with van der Waals surface area (Å²) in [6.45, 7) is 7.59. The summed E-state index contributed by atoms with van der Waals surface area (Å²) in [6, 6.07) is 7.82. The second-order valence-corrected chi connectivity index (χ2v) is 5.45. The Morgan fingerprint density at radius 2 is 1.62 bits per heavy atom. The van der Waals surface area contributed by atoms with E-state index in [0.717, 1.165) is 24.0 Å². The summed E-state index contributed by atoms with van der Waals surface area (Å²) in [4.78, 5) is 23.5. The van der Waals surface area contributed by atoms with Crippen LogP contribution in [0.5, 0.6) is 0 Å². The minimum Gasteiger partial charge on any atom is -0.353 e. The molecule has 4 heteroatoms. The van der Waals surface area contributed by atoms with Crippen LogP contribution in [-0.4, -0.2) is 17.9 Å². The van der Waals surface area contributed by atoms with Gasteiger partial charge in [-0.15, -0.1) is 0 Å². The maximum atomic E-state index is 12.1. The van der Waals surface area contributed by atoms with Gasteiger partial charge in [-0.2, -0.15) is 0 Å². The summed E-state index contributed by atoms with van der Waals surface area (Å²) < 4.78 is 0. The van der Waals surface area contributed by atoms with Gasteiger partial charge in [0, 0.05) is 13.0 Å². The lowest BCUT2D eigenvalue weighted by Crippen LogP contribution is -2.37. The standard InChI is InChI=1S/C17H26N2O2/c1-5-15(6-2)19-17(21)11-16(18-13(4)20)14-9-7-12(3)8-10-14/h7-10,15-16H,5-6,11H2,1-4H3,(H,18,20)(H,19,21)/t16-/m1/s1. The number of hydrogen-bond donors (Lipinski definition) is 2. The largest absolute Gasteiger partial charge is 0.353 e.